The van der Waals surface area contributed by atoms with Gasteiger partial charge in [0.25, 0.3) is 0 Å². The molecule has 27 heavy (non-hydrogen) atoms. The van der Waals surface area contributed by atoms with Crippen LogP contribution in [0.4, 0.5) is 4.79 Å². The molecule has 6 nitrogen and oxygen atoms in total. The number of nitrogens with zero attached hydrogens (tertiary/aromatic N) is 3. The number of alkyl carbamates (subject to hydrolysis) is 1. The van der Waals surface area contributed by atoms with E-state index in [0.29, 0.717) is 0 Å². The van der Waals surface area contributed by atoms with E-state index in [9.17, 15) is 4.79 Å². The summed E-state index contributed by atoms with van der Waals surface area (Å²) in [5, 5.41) is 8.62. The van der Waals surface area contributed by atoms with E-state index in [4.69, 9.17) is 4.74 Å². The van der Waals surface area contributed by atoms with E-state index in [0.717, 1.165) is 40.3 Å². The predicted octanol–water partition coefficient (Wildman–Crippen LogP) is 5.24. The highest BCUT2D eigenvalue weighted by molar-refractivity contribution is 9.10. The predicted molar refractivity (Wildman–Crippen MR) is 111 cm³/mol. The summed E-state index contributed by atoms with van der Waals surface area (Å²) in [4.78, 5) is 16.4. The first-order chi connectivity index (χ1) is 12.7. The Labute approximate surface area is 168 Å². The van der Waals surface area contributed by atoms with E-state index in [1.54, 1.807) is 0 Å². The number of aromatic nitrogens is 3. The lowest BCUT2D eigenvalue weighted by Crippen LogP contribution is -2.39. The van der Waals surface area contributed by atoms with Crippen LogP contribution in [0, 0.1) is 0 Å². The van der Waals surface area contributed by atoms with E-state index in [2.05, 4.69) is 51.3 Å². The summed E-state index contributed by atoms with van der Waals surface area (Å²) < 4.78 is 8.22. The highest BCUT2D eigenvalue weighted by Crippen LogP contribution is 2.35. The third-order valence-electron chi connectivity index (χ3n) is 4.53. The van der Waals surface area contributed by atoms with Gasteiger partial charge in [-0.05, 0) is 75.4 Å². The van der Waals surface area contributed by atoms with Crippen molar-refractivity contribution in [1.82, 2.24) is 20.1 Å². The molecule has 1 aliphatic rings. The van der Waals surface area contributed by atoms with E-state index in [1.165, 1.54) is 5.57 Å². The molecule has 3 rings (SSSR count). The lowest BCUT2D eigenvalue weighted by molar-refractivity contribution is 0.0502. The van der Waals surface area contributed by atoms with Crippen LogP contribution in [0.25, 0.3) is 16.5 Å². The molecule has 2 heterocycles. The molecule has 146 valence electrons. The molecular formula is C20H27BrN4O2. The topological polar surface area (TPSA) is 69.0 Å². The Balaban J connectivity index is 1.81. The van der Waals surface area contributed by atoms with Gasteiger partial charge >= 0.3 is 6.09 Å². The van der Waals surface area contributed by atoms with Gasteiger partial charge in [0.2, 0.25) is 0 Å². The molecule has 0 aliphatic heterocycles. The Bertz CT molecular complexity index is 880. The maximum atomic E-state index is 12.0. The number of fused-ring (bicyclic) bond motifs is 1. The molecule has 1 amide bonds. The number of pyridine rings is 1. The van der Waals surface area contributed by atoms with Crippen LogP contribution in [-0.4, -0.2) is 32.5 Å². The van der Waals surface area contributed by atoms with Crippen LogP contribution in [0.3, 0.4) is 0 Å². The van der Waals surface area contributed by atoms with Crippen molar-refractivity contribution >= 4 is 38.5 Å². The smallest absolute Gasteiger partial charge is 0.407 e. The summed E-state index contributed by atoms with van der Waals surface area (Å²) in [6.45, 7) is 9.86. The maximum absolute atomic E-state index is 12.0. The quantitative estimate of drug-likeness (QED) is 0.717. The third kappa shape index (κ3) is 4.51. The summed E-state index contributed by atoms with van der Waals surface area (Å²) in [6, 6.07) is 0.350. The normalized spacial score (nSPS) is 17.9. The minimum absolute atomic E-state index is 0.0949. The summed E-state index contributed by atoms with van der Waals surface area (Å²) in [7, 11) is 0. The van der Waals surface area contributed by atoms with Gasteiger partial charge in [0, 0.05) is 30.0 Å². The van der Waals surface area contributed by atoms with Gasteiger partial charge in [-0.3, -0.25) is 9.67 Å². The van der Waals surface area contributed by atoms with E-state index in [1.807, 2.05) is 37.8 Å². The van der Waals surface area contributed by atoms with Gasteiger partial charge in [-0.25, -0.2) is 4.79 Å². The number of allylic oxidation sites excluding steroid dienone is 1. The van der Waals surface area contributed by atoms with Gasteiger partial charge in [0.05, 0.1) is 10.9 Å². The molecule has 1 unspecified atom stereocenters. The maximum Gasteiger partial charge on any atom is 0.407 e. The first-order valence-corrected chi connectivity index (χ1v) is 10.2. The third-order valence-corrected chi connectivity index (χ3v) is 5.12. The number of carbonyl (C=O) groups excluding carboxylic acids is 1. The van der Waals surface area contributed by atoms with Crippen LogP contribution < -0.4 is 5.32 Å². The number of hydrogen-bond acceptors (Lipinski definition) is 4. The van der Waals surface area contributed by atoms with Crippen LogP contribution in [0.15, 0.2) is 23.1 Å². The molecule has 2 aromatic heterocycles. The molecule has 0 aromatic carbocycles. The van der Waals surface area contributed by atoms with Gasteiger partial charge in [-0.1, -0.05) is 6.08 Å². The van der Waals surface area contributed by atoms with Gasteiger partial charge in [0.15, 0.2) is 0 Å². The van der Waals surface area contributed by atoms with Gasteiger partial charge in [-0.2, -0.15) is 5.10 Å². The van der Waals surface area contributed by atoms with E-state index >= 15 is 0 Å². The van der Waals surface area contributed by atoms with E-state index in [-0.39, 0.29) is 18.2 Å². The molecule has 0 fully saturated rings. The minimum Gasteiger partial charge on any atom is -0.444 e. The van der Waals surface area contributed by atoms with Crippen LogP contribution in [0.5, 0.6) is 0 Å². The summed E-state index contributed by atoms with van der Waals surface area (Å²) in [6.07, 6.45) is 8.15. The van der Waals surface area contributed by atoms with Crippen molar-refractivity contribution in [3.63, 3.8) is 0 Å². The zero-order valence-electron chi connectivity index (χ0n) is 16.5. The van der Waals surface area contributed by atoms with Gasteiger partial charge < -0.3 is 10.1 Å². The first kappa shape index (κ1) is 19.9. The highest BCUT2D eigenvalue weighted by atomic mass is 79.9. The van der Waals surface area contributed by atoms with Crippen molar-refractivity contribution in [1.29, 1.82) is 0 Å². The molecule has 1 N–H and O–H groups in total. The Hall–Kier alpha value is -1.89. The standard InChI is InChI=1S/C20H27BrN4O2/c1-12(2)25-17-15(10-22-11-16(17)18(21)24-25)13-6-8-14(9-7-13)23-19(26)27-20(3,4)5/h6,10-12,14H,7-9H2,1-5H3,(H,23,26). The molecule has 1 atom stereocenters. The number of nitrogens with one attached hydrogen (secondary N) is 1. The van der Waals surface area contributed by atoms with Crippen molar-refractivity contribution in [2.45, 2.75) is 71.6 Å². The molecule has 0 spiro atoms. The minimum atomic E-state index is -0.482. The number of amides is 1. The fourth-order valence-corrected chi connectivity index (χ4v) is 3.80. The fraction of sp³-hybridized carbons (Fsp3) is 0.550. The molecule has 2 aromatic rings. The number of hydrogen-bond donors (Lipinski definition) is 1. The largest absolute Gasteiger partial charge is 0.444 e. The number of halogens is 1. The van der Waals surface area contributed by atoms with Crippen LogP contribution in [0.1, 0.15) is 65.5 Å². The number of rotatable bonds is 3. The SMILES string of the molecule is CC(C)n1nc(Br)c2cncc(C3=CCC(NC(=O)OC(C)(C)C)CC3)c21. The highest BCUT2D eigenvalue weighted by Gasteiger charge is 2.23. The average Bonchev–Trinajstić information content (AvgIpc) is 2.91. The second kappa shape index (κ2) is 7.62. The Morgan fingerprint density at radius 2 is 2.11 bits per heavy atom. The van der Waals surface area contributed by atoms with Gasteiger partial charge in [-0.15, -0.1) is 0 Å². The average molecular weight is 435 g/mol. The molecular weight excluding hydrogens is 408 g/mol. The van der Waals surface area contributed by atoms with Crippen LogP contribution >= 0.6 is 15.9 Å². The lowest BCUT2D eigenvalue weighted by atomic mass is 9.90. The second-order valence-corrected chi connectivity index (χ2v) is 9.01. The Kier molecular flexibility index (Phi) is 5.60. The Morgan fingerprint density at radius 1 is 1.37 bits per heavy atom. The Morgan fingerprint density at radius 3 is 2.70 bits per heavy atom. The molecule has 0 saturated carbocycles. The monoisotopic (exact) mass is 434 g/mol. The first-order valence-electron chi connectivity index (χ1n) is 9.36. The molecule has 7 heteroatoms. The van der Waals surface area contributed by atoms with Crippen molar-refractivity contribution in [2.75, 3.05) is 0 Å². The van der Waals surface area contributed by atoms with Crippen LogP contribution in [0.2, 0.25) is 0 Å². The second-order valence-electron chi connectivity index (χ2n) is 8.26. The van der Waals surface area contributed by atoms with Crippen molar-refractivity contribution in [2.24, 2.45) is 0 Å². The number of ether oxygens (including phenoxy) is 1. The summed E-state index contributed by atoms with van der Waals surface area (Å²) in [5.74, 6) is 0. The van der Waals surface area contributed by atoms with Gasteiger partial charge in [0.1, 0.15) is 10.2 Å². The zero-order valence-corrected chi connectivity index (χ0v) is 18.1. The van der Waals surface area contributed by atoms with Crippen molar-refractivity contribution in [3.05, 3.63) is 28.6 Å². The van der Waals surface area contributed by atoms with Crippen molar-refractivity contribution < 1.29 is 9.53 Å². The molecule has 0 saturated heterocycles. The van der Waals surface area contributed by atoms with Crippen molar-refractivity contribution in [3.8, 4) is 0 Å². The molecule has 0 bridgehead atoms. The zero-order chi connectivity index (χ0) is 19.8. The number of carbonyl (C=O) groups is 1. The molecule has 0 radical (unpaired) electrons. The fourth-order valence-electron chi connectivity index (χ4n) is 3.34. The van der Waals surface area contributed by atoms with E-state index < -0.39 is 5.60 Å². The summed E-state index contributed by atoms with van der Waals surface area (Å²) in [5.41, 5.74) is 3.00. The lowest BCUT2D eigenvalue weighted by Gasteiger charge is -2.26. The summed E-state index contributed by atoms with van der Waals surface area (Å²) >= 11 is 3.55. The van der Waals surface area contributed by atoms with Crippen LogP contribution in [-0.2, 0) is 4.74 Å². The molecule has 1 aliphatic carbocycles.